The summed E-state index contributed by atoms with van der Waals surface area (Å²) < 4.78 is 34.2. The van der Waals surface area contributed by atoms with Crippen LogP contribution in [0, 0.1) is 5.92 Å². The van der Waals surface area contributed by atoms with Crippen LogP contribution in [0.4, 0.5) is 14.5 Å². The zero-order valence-electron chi connectivity index (χ0n) is 11.7. The zero-order valence-corrected chi connectivity index (χ0v) is 11.7. The number of rotatable bonds is 6. The van der Waals surface area contributed by atoms with E-state index in [1.165, 1.54) is 18.6 Å². The SMILES string of the molecule is CC1CC1c1ccc(CNc2ccc(OC(F)F)cc2)o1. The second kappa shape index (κ2) is 5.76. The van der Waals surface area contributed by atoms with Gasteiger partial charge in [-0.05, 0) is 48.7 Å². The summed E-state index contributed by atoms with van der Waals surface area (Å²) in [6.45, 7) is -0.0141. The van der Waals surface area contributed by atoms with Crippen molar-refractivity contribution in [3.05, 3.63) is 47.9 Å². The van der Waals surface area contributed by atoms with E-state index in [4.69, 9.17) is 4.42 Å². The molecular formula is C16H17F2NO2. The van der Waals surface area contributed by atoms with Gasteiger partial charge in [-0.2, -0.15) is 8.78 Å². The predicted molar refractivity (Wildman–Crippen MR) is 75.6 cm³/mol. The smallest absolute Gasteiger partial charge is 0.387 e. The molecule has 1 saturated carbocycles. The summed E-state index contributed by atoms with van der Waals surface area (Å²) in [5.74, 6) is 3.37. The Morgan fingerprint density at radius 1 is 1.24 bits per heavy atom. The average Bonchev–Trinajstić information content (AvgIpc) is 3.00. The zero-order chi connectivity index (χ0) is 14.8. The van der Waals surface area contributed by atoms with Gasteiger partial charge in [0.2, 0.25) is 0 Å². The minimum atomic E-state index is -2.80. The van der Waals surface area contributed by atoms with Crippen molar-refractivity contribution in [2.45, 2.75) is 32.4 Å². The number of alkyl halides is 2. The van der Waals surface area contributed by atoms with Gasteiger partial charge < -0.3 is 14.5 Å². The summed E-state index contributed by atoms with van der Waals surface area (Å²) in [7, 11) is 0. The predicted octanol–water partition coefficient (Wildman–Crippen LogP) is 4.62. The molecule has 0 aliphatic heterocycles. The molecule has 1 aliphatic carbocycles. The number of halogens is 2. The van der Waals surface area contributed by atoms with Gasteiger partial charge in [-0.25, -0.2) is 0 Å². The molecule has 3 rings (SSSR count). The molecule has 0 spiro atoms. The van der Waals surface area contributed by atoms with Gasteiger partial charge in [0.15, 0.2) is 0 Å². The largest absolute Gasteiger partial charge is 0.464 e. The molecule has 3 nitrogen and oxygen atoms in total. The molecule has 5 heteroatoms. The van der Waals surface area contributed by atoms with E-state index in [1.54, 1.807) is 12.1 Å². The highest BCUT2D eigenvalue weighted by molar-refractivity contribution is 5.46. The van der Waals surface area contributed by atoms with Crippen LogP contribution in [0.3, 0.4) is 0 Å². The first kappa shape index (κ1) is 13.9. The fraction of sp³-hybridized carbons (Fsp3) is 0.375. The molecule has 112 valence electrons. The number of furan rings is 1. The van der Waals surface area contributed by atoms with Crippen LogP contribution in [-0.2, 0) is 6.54 Å². The Kier molecular flexibility index (Phi) is 3.82. The summed E-state index contributed by atoms with van der Waals surface area (Å²) in [4.78, 5) is 0. The number of hydrogen-bond donors (Lipinski definition) is 1. The first-order valence-corrected chi connectivity index (χ1v) is 6.99. The van der Waals surface area contributed by atoms with Crippen LogP contribution in [0.1, 0.15) is 30.8 Å². The van der Waals surface area contributed by atoms with Gasteiger partial charge in [0.05, 0.1) is 6.54 Å². The Labute approximate surface area is 121 Å². The molecule has 2 aromatic rings. The Bertz CT molecular complexity index is 595. The fourth-order valence-corrected chi connectivity index (χ4v) is 2.35. The van der Waals surface area contributed by atoms with Crippen molar-refractivity contribution in [1.29, 1.82) is 0 Å². The van der Waals surface area contributed by atoms with Crippen LogP contribution in [0.15, 0.2) is 40.8 Å². The summed E-state index contributed by atoms with van der Waals surface area (Å²) in [5, 5.41) is 3.19. The van der Waals surface area contributed by atoms with Gasteiger partial charge in [-0.3, -0.25) is 0 Å². The van der Waals surface area contributed by atoms with Crippen LogP contribution in [-0.4, -0.2) is 6.61 Å². The minimum Gasteiger partial charge on any atom is -0.464 e. The highest BCUT2D eigenvalue weighted by Gasteiger charge is 2.36. The number of ether oxygens (including phenoxy) is 1. The van der Waals surface area contributed by atoms with Gasteiger partial charge in [0, 0.05) is 11.6 Å². The van der Waals surface area contributed by atoms with Crippen LogP contribution < -0.4 is 10.1 Å². The highest BCUT2D eigenvalue weighted by Crippen LogP contribution is 2.47. The van der Waals surface area contributed by atoms with Crippen molar-refractivity contribution < 1.29 is 17.9 Å². The van der Waals surface area contributed by atoms with Gasteiger partial charge in [0.25, 0.3) is 0 Å². The Morgan fingerprint density at radius 3 is 2.57 bits per heavy atom. The quantitative estimate of drug-likeness (QED) is 0.844. The van der Waals surface area contributed by atoms with Gasteiger partial charge >= 0.3 is 6.61 Å². The van der Waals surface area contributed by atoms with Crippen molar-refractivity contribution >= 4 is 5.69 Å². The van der Waals surface area contributed by atoms with Gasteiger partial charge in [0.1, 0.15) is 17.3 Å². The molecular weight excluding hydrogens is 276 g/mol. The van der Waals surface area contributed by atoms with E-state index in [9.17, 15) is 8.78 Å². The lowest BCUT2D eigenvalue weighted by Gasteiger charge is -2.07. The van der Waals surface area contributed by atoms with E-state index in [0.717, 1.165) is 23.1 Å². The number of nitrogens with one attached hydrogen (secondary N) is 1. The molecule has 2 unspecified atom stereocenters. The lowest BCUT2D eigenvalue weighted by atomic mass is 10.3. The van der Waals surface area contributed by atoms with E-state index >= 15 is 0 Å². The van der Waals surface area contributed by atoms with Gasteiger partial charge in [-0.15, -0.1) is 0 Å². The number of hydrogen-bond acceptors (Lipinski definition) is 3. The summed E-state index contributed by atoms with van der Waals surface area (Å²) in [6, 6.07) is 10.4. The molecule has 1 N–H and O–H groups in total. The molecule has 1 heterocycles. The van der Waals surface area contributed by atoms with Crippen molar-refractivity contribution in [2.24, 2.45) is 5.92 Å². The molecule has 0 saturated heterocycles. The third kappa shape index (κ3) is 3.54. The molecule has 1 aromatic carbocycles. The van der Waals surface area contributed by atoms with E-state index in [1.807, 2.05) is 12.1 Å². The molecule has 0 amide bonds. The Balaban J connectivity index is 1.53. The Hall–Kier alpha value is -2.04. The van der Waals surface area contributed by atoms with Crippen molar-refractivity contribution in [2.75, 3.05) is 5.32 Å². The molecule has 1 aromatic heterocycles. The number of anilines is 1. The minimum absolute atomic E-state index is 0.151. The van der Waals surface area contributed by atoms with E-state index in [0.29, 0.717) is 12.5 Å². The van der Waals surface area contributed by atoms with Crippen molar-refractivity contribution in [3.8, 4) is 5.75 Å². The van der Waals surface area contributed by atoms with Crippen LogP contribution in [0.5, 0.6) is 5.75 Å². The molecule has 0 radical (unpaired) electrons. The topological polar surface area (TPSA) is 34.4 Å². The lowest BCUT2D eigenvalue weighted by Crippen LogP contribution is -2.02. The fourth-order valence-electron chi connectivity index (χ4n) is 2.35. The van der Waals surface area contributed by atoms with Crippen molar-refractivity contribution in [1.82, 2.24) is 0 Å². The molecule has 0 bridgehead atoms. The summed E-state index contributed by atoms with van der Waals surface area (Å²) in [5.41, 5.74) is 0.828. The molecule has 1 fully saturated rings. The van der Waals surface area contributed by atoms with E-state index < -0.39 is 6.61 Å². The second-order valence-corrected chi connectivity index (χ2v) is 5.38. The standard InChI is InChI=1S/C16H17F2NO2/c1-10-8-14(10)15-7-6-13(20-15)9-19-11-2-4-12(5-3-11)21-16(17)18/h2-7,10,14,16,19H,8-9H2,1H3. The second-order valence-electron chi connectivity index (χ2n) is 5.38. The maximum Gasteiger partial charge on any atom is 0.387 e. The third-order valence-electron chi connectivity index (χ3n) is 3.70. The summed E-state index contributed by atoms with van der Waals surface area (Å²) >= 11 is 0. The third-order valence-corrected chi connectivity index (χ3v) is 3.70. The highest BCUT2D eigenvalue weighted by atomic mass is 19.3. The molecule has 2 atom stereocenters. The molecule has 21 heavy (non-hydrogen) atoms. The van der Waals surface area contributed by atoms with Gasteiger partial charge in [-0.1, -0.05) is 6.92 Å². The van der Waals surface area contributed by atoms with Crippen LogP contribution in [0.25, 0.3) is 0 Å². The summed E-state index contributed by atoms with van der Waals surface area (Å²) in [6.07, 6.45) is 1.20. The Morgan fingerprint density at radius 2 is 1.95 bits per heavy atom. The first-order valence-electron chi connectivity index (χ1n) is 6.99. The lowest BCUT2D eigenvalue weighted by molar-refractivity contribution is -0.0498. The normalized spacial score (nSPS) is 20.6. The van der Waals surface area contributed by atoms with Crippen LogP contribution in [0.2, 0.25) is 0 Å². The first-order chi connectivity index (χ1) is 10.1. The van der Waals surface area contributed by atoms with Crippen molar-refractivity contribution in [3.63, 3.8) is 0 Å². The monoisotopic (exact) mass is 293 g/mol. The average molecular weight is 293 g/mol. The van der Waals surface area contributed by atoms with Crippen LogP contribution >= 0.6 is 0 Å². The maximum atomic E-state index is 12.0. The van der Waals surface area contributed by atoms with E-state index in [2.05, 4.69) is 17.0 Å². The maximum absolute atomic E-state index is 12.0. The molecule has 1 aliphatic rings. The van der Waals surface area contributed by atoms with E-state index in [-0.39, 0.29) is 5.75 Å². The number of benzene rings is 1.